The van der Waals surface area contributed by atoms with Crippen LogP contribution in [0.25, 0.3) is 6.08 Å². The third kappa shape index (κ3) is 3.09. The highest BCUT2D eigenvalue weighted by Gasteiger charge is 2.26. The van der Waals surface area contributed by atoms with Crippen LogP contribution in [0.4, 0.5) is 0 Å². The highest BCUT2D eigenvalue weighted by molar-refractivity contribution is 5.73. The van der Waals surface area contributed by atoms with Gasteiger partial charge in [0.1, 0.15) is 0 Å². The molecular weight excluding hydrogens is 214 g/mol. The number of amides is 1. The minimum atomic E-state index is -0.0903. The van der Waals surface area contributed by atoms with Crippen LogP contribution in [0.3, 0.4) is 0 Å². The first-order valence-electron chi connectivity index (χ1n) is 5.91. The van der Waals surface area contributed by atoms with Crippen molar-refractivity contribution in [3.05, 3.63) is 42.2 Å². The number of nitrogens with zero attached hydrogens (tertiary/aromatic N) is 1. The first-order chi connectivity index (χ1) is 8.27. The summed E-state index contributed by atoms with van der Waals surface area (Å²) in [7, 11) is 0. The van der Waals surface area contributed by atoms with Gasteiger partial charge in [-0.2, -0.15) is 0 Å². The lowest BCUT2D eigenvalue weighted by molar-refractivity contribution is -0.135. The van der Waals surface area contributed by atoms with Crippen molar-refractivity contribution >= 4 is 12.0 Å². The minimum Gasteiger partial charge on any atom is -0.478 e. The molecule has 3 heteroatoms. The zero-order valence-corrected chi connectivity index (χ0v) is 10.0. The molecule has 17 heavy (non-hydrogen) atoms. The number of hydrogen-bond donors (Lipinski definition) is 0. The normalized spacial score (nSPS) is 19.8. The van der Waals surface area contributed by atoms with Crippen LogP contribution in [-0.4, -0.2) is 23.6 Å². The molecular formula is C14H17NO2. The monoisotopic (exact) mass is 231 g/mol. The van der Waals surface area contributed by atoms with E-state index in [1.165, 1.54) is 0 Å². The van der Waals surface area contributed by atoms with Crippen molar-refractivity contribution < 1.29 is 9.53 Å². The number of benzene rings is 1. The Hall–Kier alpha value is -1.77. The summed E-state index contributed by atoms with van der Waals surface area (Å²) < 4.78 is 5.61. The van der Waals surface area contributed by atoms with Crippen molar-refractivity contribution in [1.82, 2.24) is 4.90 Å². The van der Waals surface area contributed by atoms with E-state index in [1.807, 2.05) is 36.4 Å². The number of rotatable bonds is 3. The van der Waals surface area contributed by atoms with Gasteiger partial charge in [0.25, 0.3) is 0 Å². The summed E-state index contributed by atoms with van der Waals surface area (Å²) in [6.07, 6.45) is 5.44. The molecule has 1 aliphatic rings. The largest absolute Gasteiger partial charge is 0.478 e. The Morgan fingerprint density at radius 3 is 2.88 bits per heavy atom. The van der Waals surface area contributed by atoms with Crippen LogP contribution in [-0.2, 0) is 9.53 Å². The van der Waals surface area contributed by atoms with Crippen LogP contribution >= 0.6 is 0 Å². The van der Waals surface area contributed by atoms with E-state index in [0.29, 0.717) is 0 Å². The van der Waals surface area contributed by atoms with Gasteiger partial charge in [-0.15, -0.1) is 0 Å². The van der Waals surface area contributed by atoms with Gasteiger partial charge in [-0.3, -0.25) is 4.79 Å². The number of likely N-dealkylation sites (tertiary alicyclic amines) is 1. The molecule has 1 aliphatic heterocycles. The molecule has 0 bridgehead atoms. The zero-order valence-electron chi connectivity index (χ0n) is 10.0. The maximum atomic E-state index is 11.3. The Kier molecular flexibility index (Phi) is 3.81. The molecule has 0 saturated carbocycles. The Labute approximate surface area is 102 Å². The predicted octanol–water partition coefficient (Wildman–Crippen LogP) is 2.64. The maximum Gasteiger partial charge on any atom is 0.222 e. The van der Waals surface area contributed by atoms with Crippen molar-refractivity contribution in [1.29, 1.82) is 0 Å². The van der Waals surface area contributed by atoms with E-state index >= 15 is 0 Å². The van der Waals surface area contributed by atoms with Gasteiger partial charge in [0, 0.05) is 19.9 Å². The third-order valence-electron chi connectivity index (χ3n) is 2.90. The van der Waals surface area contributed by atoms with Crippen LogP contribution in [0.1, 0.15) is 25.3 Å². The molecule has 1 amide bonds. The van der Waals surface area contributed by atoms with Crippen LogP contribution < -0.4 is 0 Å². The lowest BCUT2D eigenvalue weighted by atomic mass is 10.2. The number of carbonyl (C=O) groups is 1. The second-order valence-electron chi connectivity index (χ2n) is 4.16. The average Bonchev–Trinajstić information content (AvgIpc) is 2.79. The molecule has 1 heterocycles. The summed E-state index contributed by atoms with van der Waals surface area (Å²) >= 11 is 0. The summed E-state index contributed by atoms with van der Waals surface area (Å²) in [6, 6.07) is 9.97. The van der Waals surface area contributed by atoms with Crippen LogP contribution in [0.15, 0.2) is 36.6 Å². The smallest absolute Gasteiger partial charge is 0.222 e. The first kappa shape index (κ1) is 11.7. The average molecular weight is 231 g/mol. The Morgan fingerprint density at radius 1 is 1.41 bits per heavy atom. The second kappa shape index (κ2) is 5.53. The van der Waals surface area contributed by atoms with Gasteiger partial charge in [0.2, 0.25) is 5.91 Å². The van der Waals surface area contributed by atoms with E-state index in [-0.39, 0.29) is 12.1 Å². The minimum absolute atomic E-state index is 0.0839. The Bertz CT molecular complexity index is 400. The number of carbonyl (C=O) groups excluding carboxylic acids is 1. The molecule has 1 aromatic carbocycles. The van der Waals surface area contributed by atoms with Crippen molar-refractivity contribution in [3.8, 4) is 0 Å². The van der Waals surface area contributed by atoms with Gasteiger partial charge in [0.05, 0.1) is 6.26 Å². The topological polar surface area (TPSA) is 29.5 Å². The van der Waals surface area contributed by atoms with Crippen LogP contribution in [0.5, 0.6) is 0 Å². The van der Waals surface area contributed by atoms with Gasteiger partial charge < -0.3 is 9.64 Å². The lowest BCUT2D eigenvalue weighted by Crippen LogP contribution is -2.34. The highest BCUT2D eigenvalue weighted by atomic mass is 16.5. The molecule has 0 aromatic heterocycles. The van der Waals surface area contributed by atoms with E-state index in [4.69, 9.17) is 4.74 Å². The van der Waals surface area contributed by atoms with Crippen molar-refractivity contribution in [2.75, 3.05) is 6.54 Å². The zero-order chi connectivity index (χ0) is 12.1. The van der Waals surface area contributed by atoms with Crippen molar-refractivity contribution in [2.45, 2.75) is 26.0 Å². The molecule has 0 radical (unpaired) electrons. The Balaban J connectivity index is 1.90. The summed E-state index contributed by atoms with van der Waals surface area (Å²) in [4.78, 5) is 13.1. The first-order valence-corrected chi connectivity index (χ1v) is 5.91. The fraction of sp³-hybridized carbons (Fsp3) is 0.357. The molecule has 1 unspecified atom stereocenters. The molecule has 1 fully saturated rings. The fourth-order valence-corrected chi connectivity index (χ4v) is 2.01. The SMILES string of the molecule is CC(=O)N1CCCC1OC=Cc1ccccc1. The molecule has 0 spiro atoms. The van der Waals surface area contributed by atoms with Crippen LogP contribution in [0.2, 0.25) is 0 Å². The van der Waals surface area contributed by atoms with Gasteiger partial charge >= 0.3 is 0 Å². The molecule has 3 nitrogen and oxygen atoms in total. The molecule has 1 aromatic rings. The lowest BCUT2D eigenvalue weighted by Gasteiger charge is -2.22. The van der Waals surface area contributed by atoms with E-state index in [9.17, 15) is 4.79 Å². The molecule has 1 saturated heterocycles. The molecule has 0 aliphatic carbocycles. The number of ether oxygens (including phenoxy) is 1. The summed E-state index contributed by atoms with van der Waals surface area (Å²) in [5.74, 6) is 0.0839. The summed E-state index contributed by atoms with van der Waals surface area (Å²) in [5.41, 5.74) is 1.10. The van der Waals surface area contributed by atoms with Crippen LogP contribution in [0, 0.1) is 0 Å². The number of hydrogen-bond acceptors (Lipinski definition) is 2. The summed E-state index contributed by atoms with van der Waals surface area (Å²) in [6.45, 7) is 2.39. The van der Waals surface area contributed by atoms with E-state index in [1.54, 1.807) is 18.1 Å². The standard InChI is InChI=1S/C14H17NO2/c1-12(16)15-10-5-8-14(15)17-11-9-13-6-3-2-4-7-13/h2-4,6-7,9,11,14H,5,8,10H2,1H3. The fourth-order valence-electron chi connectivity index (χ4n) is 2.01. The van der Waals surface area contributed by atoms with E-state index < -0.39 is 0 Å². The highest BCUT2D eigenvalue weighted by Crippen LogP contribution is 2.18. The molecule has 1 atom stereocenters. The molecule has 90 valence electrons. The Morgan fingerprint density at radius 2 is 2.18 bits per heavy atom. The van der Waals surface area contributed by atoms with Crippen molar-refractivity contribution in [2.24, 2.45) is 0 Å². The van der Waals surface area contributed by atoms with Gasteiger partial charge in [0.15, 0.2) is 6.23 Å². The second-order valence-corrected chi connectivity index (χ2v) is 4.16. The molecule has 2 rings (SSSR count). The maximum absolute atomic E-state index is 11.3. The summed E-state index contributed by atoms with van der Waals surface area (Å²) in [5, 5.41) is 0. The van der Waals surface area contributed by atoms with Crippen molar-refractivity contribution in [3.63, 3.8) is 0 Å². The van der Waals surface area contributed by atoms with Gasteiger partial charge in [-0.05, 0) is 18.1 Å². The van der Waals surface area contributed by atoms with E-state index in [2.05, 4.69) is 0 Å². The van der Waals surface area contributed by atoms with Gasteiger partial charge in [-0.1, -0.05) is 30.3 Å². The third-order valence-corrected chi connectivity index (χ3v) is 2.90. The van der Waals surface area contributed by atoms with Gasteiger partial charge in [-0.25, -0.2) is 0 Å². The predicted molar refractivity (Wildman–Crippen MR) is 67.0 cm³/mol. The molecule has 0 N–H and O–H groups in total. The van der Waals surface area contributed by atoms with E-state index in [0.717, 1.165) is 24.9 Å². The quantitative estimate of drug-likeness (QED) is 0.748.